The van der Waals surface area contributed by atoms with E-state index < -0.39 is 0 Å². The summed E-state index contributed by atoms with van der Waals surface area (Å²) in [5.74, 6) is 0. The van der Waals surface area contributed by atoms with E-state index in [1.807, 2.05) is 19.1 Å². The largest absolute Gasteiger partial charge is 0.398 e. The Kier molecular flexibility index (Phi) is 3.50. The van der Waals surface area contributed by atoms with Gasteiger partial charge in [-0.15, -0.1) is 0 Å². The van der Waals surface area contributed by atoms with Crippen molar-refractivity contribution in [1.82, 2.24) is 0 Å². The topological polar surface area (TPSA) is 47.3 Å². The highest BCUT2D eigenvalue weighted by molar-refractivity contribution is 6.33. The summed E-state index contributed by atoms with van der Waals surface area (Å²) in [6.45, 7) is 5.80. The minimum absolute atomic E-state index is 0.0115. The Hall–Kier alpha value is -0.930. The molecular formula is C13H19ClN2O. The van der Waals surface area contributed by atoms with Crippen LogP contribution < -0.4 is 11.1 Å². The molecule has 0 amide bonds. The summed E-state index contributed by atoms with van der Waals surface area (Å²) < 4.78 is 5.53. The van der Waals surface area contributed by atoms with E-state index in [0.717, 1.165) is 37.3 Å². The summed E-state index contributed by atoms with van der Waals surface area (Å²) in [7, 11) is 0. The number of benzene rings is 1. The number of hydrogen-bond acceptors (Lipinski definition) is 3. The van der Waals surface area contributed by atoms with Gasteiger partial charge in [-0.25, -0.2) is 0 Å². The lowest BCUT2D eigenvalue weighted by Gasteiger charge is -2.36. The average Bonchev–Trinajstić information content (AvgIpc) is 2.26. The zero-order chi connectivity index (χ0) is 12.5. The molecule has 1 aromatic rings. The van der Waals surface area contributed by atoms with E-state index in [2.05, 4.69) is 12.2 Å². The van der Waals surface area contributed by atoms with Gasteiger partial charge >= 0.3 is 0 Å². The predicted octanol–water partition coefficient (Wildman–Crippen LogP) is 3.21. The van der Waals surface area contributed by atoms with Gasteiger partial charge in [0.1, 0.15) is 0 Å². The molecular weight excluding hydrogens is 236 g/mol. The van der Waals surface area contributed by atoms with E-state index in [9.17, 15) is 0 Å². The molecule has 1 aromatic carbocycles. The molecule has 1 atom stereocenters. The smallest absolute Gasteiger partial charge is 0.0693 e. The van der Waals surface area contributed by atoms with Crippen LogP contribution in [0.5, 0.6) is 0 Å². The summed E-state index contributed by atoms with van der Waals surface area (Å²) in [6.07, 6.45) is 2.19. The van der Waals surface area contributed by atoms with Gasteiger partial charge in [-0.3, -0.25) is 0 Å². The van der Waals surface area contributed by atoms with Crippen molar-refractivity contribution in [2.45, 2.75) is 32.2 Å². The van der Waals surface area contributed by atoms with E-state index in [4.69, 9.17) is 22.1 Å². The third kappa shape index (κ3) is 2.85. The van der Waals surface area contributed by atoms with E-state index >= 15 is 0 Å². The highest BCUT2D eigenvalue weighted by Crippen LogP contribution is 2.31. The number of nitrogens with two attached hydrogens (primary N) is 1. The normalized spacial score (nSPS) is 24.6. The van der Waals surface area contributed by atoms with Gasteiger partial charge in [0.25, 0.3) is 0 Å². The van der Waals surface area contributed by atoms with Crippen LogP contribution in [0.2, 0.25) is 5.02 Å². The van der Waals surface area contributed by atoms with Gasteiger partial charge in [0.05, 0.1) is 22.9 Å². The van der Waals surface area contributed by atoms with E-state index in [-0.39, 0.29) is 5.54 Å². The highest BCUT2D eigenvalue weighted by atomic mass is 35.5. The Bertz CT molecular complexity index is 414. The maximum absolute atomic E-state index is 6.05. The maximum atomic E-state index is 6.05. The SMILES string of the molecule is Cc1cc(N)c(Cl)cc1NC1(C)CCCOC1. The number of rotatable bonds is 2. The van der Waals surface area contributed by atoms with Crippen molar-refractivity contribution < 1.29 is 4.74 Å². The molecule has 0 bridgehead atoms. The van der Waals surface area contributed by atoms with Crippen LogP contribution in [-0.4, -0.2) is 18.8 Å². The van der Waals surface area contributed by atoms with Crippen molar-refractivity contribution in [3.8, 4) is 0 Å². The molecule has 0 aromatic heterocycles. The molecule has 94 valence electrons. The van der Waals surface area contributed by atoms with Gasteiger partial charge in [0.15, 0.2) is 0 Å². The van der Waals surface area contributed by atoms with E-state index in [0.29, 0.717) is 10.7 Å². The van der Waals surface area contributed by atoms with Crippen molar-refractivity contribution in [2.24, 2.45) is 0 Å². The molecule has 1 fully saturated rings. The monoisotopic (exact) mass is 254 g/mol. The van der Waals surface area contributed by atoms with Crippen LogP contribution >= 0.6 is 11.6 Å². The molecule has 17 heavy (non-hydrogen) atoms. The van der Waals surface area contributed by atoms with Crippen molar-refractivity contribution in [1.29, 1.82) is 0 Å². The van der Waals surface area contributed by atoms with Gasteiger partial charge in [-0.1, -0.05) is 11.6 Å². The Labute approximate surface area is 107 Å². The molecule has 1 saturated heterocycles. The van der Waals surface area contributed by atoms with E-state index in [1.165, 1.54) is 0 Å². The number of hydrogen-bond donors (Lipinski definition) is 2. The van der Waals surface area contributed by atoms with Crippen LogP contribution in [0, 0.1) is 6.92 Å². The van der Waals surface area contributed by atoms with Crippen molar-refractivity contribution in [3.05, 3.63) is 22.7 Å². The average molecular weight is 255 g/mol. The van der Waals surface area contributed by atoms with Gasteiger partial charge in [-0.2, -0.15) is 0 Å². The second kappa shape index (κ2) is 4.75. The second-order valence-electron chi connectivity index (χ2n) is 5.03. The predicted molar refractivity (Wildman–Crippen MR) is 72.7 cm³/mol. The summed E-state index contributed by atoms with van der Waals surface area (Å²) in [4.78, 5) is 0. The highest BCUT2D eigenvalue weighted by Gasteiger charge is 2.27. The fourth-order valence-corrected chi connectivity index (χ4v) is 2.36. The van der Waals surface area contributed by atoms with Crippen LogP contribution in [0.3, 0.4) is 0 Å². The van der Waals surface area contributed by atoms with Crippen LogP contribution in [0.15, 0.2) is 12.1 Å². The molecule has 4 heteroatoms. The number of aryl methyl sites for hydroxylation is 1. The minimum atomic E-state index is -0.0115. The van der Waals surface area contributed by atoms with Crippen LogP contribution in [0.25, 0.3) is 0 Å². The van der Waals surface area contributed by atoms with Crippen molar-refractivity contribution >= 4 is 23.0 Å². The number of halogens is 1. The Morgan fingerprint density at radius 1 is 1.47 bits per heavy atom. The first-order valence-corrected chi connectivity index (χ1v) is 6.29. The maximum Gasteiger partial charge on any atom is 0.0693 e. The number of nitrogen functional groups attached to an aromatic ring is 1. The molecule has 0 aliphatic carbocycles. The van der Waals surface area contributed by atoms with Gasteiger partial charge in [-0.05, 0) is 44.4 Å². The molecule has 0 saturated carbocycles. The summed E-state index contributed by atoms with van der Waals surface area (Å²) in [5, 5.41) is 4.12. The summed E-state index contributed by atoms with van der Waals surface area (Å²) in [6, 6.07) is 3.80. The molecule has 3 N–H and O–H groups in total. The number of nitrogens with one attached hydrogen (secondary N) is 1. The Morgan fingerprint density at radius 2 is 2.24 bits per heavy atom. The first-order chi connectivity index (χ1) is 8.00. The number of ether oxygens (including phenoxy) is 1. The van der Waals surface area contributed by atoms with Crippen LogP contribution in [-0.2, 0) is 4.74 Å². The third-order valence-corrected chi connectivity index (χ3v) is 3.55. The lowest BCUT2D eigenvalue weighted by Crippen LogP contribution is -2.43. The lowest BCUT2D eigenvalue weighted by atomic mass is 9.94. The van der Waals surface area contributed by atoms with Crippen molar-refractivity contribution in [3.63, 3.8) is 0 Å². The quantitative estimate of drug-likeness (QED) is 0.797. The first kappa shape index (κ1) is 12.5. The van der Waals surface area contributed by atoms with Gasteiger partial charge in [0.2, 0.25) is 0 Å². The zero-order valence-corrected chi connectivity index (χ0v) is 11.1. The van der Waals surface area contributed by atoms with Gasteiger partial charge in [0, 0.05) is 12.3 Å². The fraction of sp³-hybridized carbons (Fsp3) is 0.538. The van der Waals surface area contributed by atoms with E-state index in [1.54, 1.807) is 0 Å². The standard InChI is InChI=1S/C13H19ClN2O/c1-9-6-11(15)10(14)7-12(9)16-13(2)4-3-5-17-8-13/h6-7,16H,3-5,8,15H2,1-2H3. The van der Waals surface area contributed by atoms with Gasteiger partial charge < -0.3 is 15.8 Å². The van der Waals surface area contributed by atoms with Crippen LogP contribution in [0.1, 0.15) is 25.3 Å². The lowest BCUT2D eigenvalue weighted by molar-refractivity contribution is 0.0540. The zero-order valence-electron chi connectivity index (χ0n) is 10.3. The van der Waals surface area contributed by atoms with Crippen LogP contribution in [0.4, 0.5) is 11.4 Å². The summed E-state index contributed by atoms with van der Waals surface area (Å²) in [5.41, 5.74) is 8.53. The molecule has 3 nitrogen and oxygen atoms in total. The Balaban J connectivity index is 2.20. The molecule has 2 rings (SSSR count). The third-order valence-electron chi connectivity index (χ3n) is 3.22. The molecule has 1 aliphatic rings. The fourth-order valence-electron chi connectivity index (χ4n) is 2.20. The van der Waals surface area contributed by atoms with Crippen molar-refractivity contribution in [2.75, 3.05) is 24.3 Å². The molecule has 0 radical (unpaired) electrons. The molecule has 1 heterocycles. The Morgan fingerprint density at radius 3 is 2.88 bits per heavy atom. The summed E-state index contributed by atoms with van der Waals surface area (Å²) >= 11 is 6.05. The number of anilines is 2. The second-order valence-corrected chi connectivity index (χ2v) is 5.44. The first-order valence-electron chi connectivity index (χ1n) is 5.92. The minimum Gasteiger partial charge on any atom is -0.398 e. The molecule has 1 aliphatic heterocycles. The molecule has 1 unspecified atom stereocenters. The molecule has 0 spiro atoms.